The third kappa shape index (κ3) is 4.63. The molecular weight excluding hydrogens is 460 g/mol. The van der Waals surface area contributed by atoms with Crippen molar-refractivity contribution in [3.05, 3.63) is 30.1 Å². The summed E-state index contributed by atoms with van der Waals surface area (Å²) < 4.78 is 19.0. The Bertz CT molecular complexity index is 1140. The van der Waals surface area contributed by atoms with Gasteiger partial charge in [0.1, 0.15) is 11.4 Å². The van der Waals surface area contributed by atoms with Crippen molar-refractivity contribution in [2.45, 2.75) is 83.6 Å². The number of hydrogen-bond donors (Lipinski definition) is 0. The summed E-state index contributed by atoms with van der Waals surface area (Å²) >= 11 is 0. The fourth-order valence-corrected chi connectivity index (χ4v) is 4.97. The van der Waals surface area contributed by atoms with Crippen LogP contribution in [0.3, 0.4) is 0 Å². The molecule has 1 saturated carbocycles. The maximum atomic E-state index is 12.6. The smallest absolute Gasteiger partial charge is 0.414 e. The molecule has 0 spiro atoms. The van der Waals surface area contributed by atoms with E-state index in [-0.39, 0.29) is 30.4 Å². The van der Waals surface area contributed by atoms with Crippen LogP contribution in [0.5, 0.6) is 5.75 Å². The highest BCUT2D eigenvalue weighted by atomic mass is 16.6. The van der Waals surface area contributed by atoms with Gasteiger partial charge in [0.15, 0.2) is 0 Å². The van der Waals surface area contributed by atoms with Crippen LogP contribution in [-0.2, 0) is 15.9 Å². The third-order valence-electron chi connectivity index (χ3n) is 7.26. The van der Waals surface area contributed by atoms with Crippen molar-refractivity contribution in [1.29, 1.82) is 0 Å². The van der Waals surface area contributed by atoms with Gasteiger partial charge in [0, 0.05) is 42.0 Å². The number of ether oxygens (including phenoxy) is 3. The van der Waals surface area contributed by atoms with E-state index >= 15 is 0 Å². The molecule has 3 aliphatic rings. The summed E-state index contributed by atoms with van der Waals surface area (Å²) in [6.45, 7) is 8.79. The minimum absolute atomic E-state index is 0.0571. The molecule has 2 aromatic rings. The van der Waals surface area contributed by atoms with Crippen LogP contribution in [0.2, 0.25) is 0 Å². The van der Waals surface area contributed by atoms with Crippen LogP contribution in [0.1, 0.15) is 65.0 Å². The minimum atomic E-state index is -0.508. The van der Waals surface area contributed by atoms with E-state index in [2.05, 4.69) is 5.10 Å². The van der Waals surface area contributed by atoms with Crippen molar-refractivity contribution in [1.82, 2.24) is 14.7 Å². The van der Waals surface area contributed by atoms with Crippen LogP contribution >= 0.6 is 0 Å². The molecule has 1 saturated heterocycles. The van der Waals surface area contributed by atoms with Gasteiger partial charge in [-0.05, 0) is 71.9 Å². The molecule has 3 heterocycles. The van der Waals surface area contributed by atoms with Gasteiger partial charge in [-0.25, -0.2) is 9.59 Å². The average molecular weight is 497 g/mol. The molecule has 0 radical (unpaired) electrons. The van der Waals surface area contributed by atoms with Gasteiger partial charge in [0.2, 0.25) is 0 Å². The molecule has 36 heavy (non-hydrogen) atoms. The van der Waals surface area contributed by atoms with Crippen LogP contribution < -0.4 is 9.64 Å². The van der Waals surface area contributed by atoms with Crippen LogP contribution in [0.4, 0.5) is 15.3 Å². The monoisotopic (exact) mass is 496 g/mol. The lowest BCUT2D eigenvalue weighted by Gasteiger charge is -2.39. The average Bonchev–Trinajstić information content (AvgIpc) is 3.22. The van der Waals surface area contributed by atoms with Crippen molar-refractivity contribution in [3.8, 4) is 16.9 Å². The van der Waals surface area contributed by atoms with Gasteiger partial charge in [-0.15, -0.1) is 0 Å². The van der Waals surface area contributed by atoms with E-state index in [0.29, 0.717) is 13.1 Å². The van der Waals surface area contributed by atoms with Crippen LogP contribution in [0.15, 0.2) is 24.5 Å². The summed E-state index contributed by atoms with van der Waals surface area (Å²) in [6.07, 6.45) is 8.38. The predicted octanol–water partition coefficient (Wildman–Crippen LogP) is 5.18. The molecule has 194 valence electrons. The molecule has 5 rings (SSSR count). The first kappa shape index (κ1) is 24.5. The number of benzene rings is 1. The number of hydrogen-bond acceptors (Lipinski definition) is 6. The maximum absolute atomic E-state index is 12.6. The molecule has 0 N–H and O–H groups in total. The molecule has 1 unspecified atom stereocenters. The zero-order valence-corrected chi connectivity index (χ0v) is 21.8. The highest BCUT2D eigenvalue weighted by Gasteiger charge is 2.36. The quantitative estimate of drug-likeness (QED) is 0.580. The fourth-order valence-electron chi connectivity index (χ4n) is 4.97. The molecule has 1 aromatic carbocycles. The second kappa shape index (κ2) is 9.33. The molecule has 1 aliphatic carbocycles. The lowest BCUT2D eigenvalue weighted by molar-refractivity contribution is -0.000386. The first-order valence-corrected chi connectivity index (χ1v) is 12.9. The molecule has 2 fully saturated rings. The van der Waals surface area contributed by atoms with E-state index in [9.17, 15) is 9.59 Å². The lowest BCUT2D eigenvalue weighted by atomic mass is 9.91. The summed E-state index contributed by atoms with van der Waals surface area (Å²) in [4.78, 5) is 28.3. The number of methoxy groups -OCH3 is 1. The second-order valence-corrected chi connectivity index (χ2v) is 11.1. The molecular formula is C27H36N4O5. The van der Waals surface area contributed by atoms with Crippen molar-refractivity contribution in [2.75, 3.05) is 25.1 Å². The van der Waals surface area contributed by atoms with Crippen LogP contribution in [0.25, 0.3) is 11.1 Å². The highest BCUT2D eigenvalue weighted by molar-refractivity contribution is 5.92. The van der Waals surface area contributed by atoms with E-state index in [1.54, 1.807) is 9.80 Å². The lowest BCUT2D eigenvalue weighted by Crippen LogP contribution is -2.52. The van der Waals surface area contributed by atoms with E-state index in [4.69, 9.17) is 14.2 Å². The number of carbonyl (C=O) groups excluding carboxylic acids is 2. The maximum Gasteiger partial charge on any atom is 0.414 e. The Morgan fingerprint density at radius 1 is 1.08 bits per heavy atom. The Morgan fingerprint density at radius 3 is 2.47 bits per heavy atom. The SMILES string of the molecule is COC(=O)N1c2ccc(-c3cnn(C4CN(C(=O)OC(C)(C)C)C4)c3)c(OC3CCC3)c2CCC1C. The first-order chi connectivity index (χ1) is 17.1. The fraction of sp³-hybridized carbons (Fsp3) is 0.593. The minimum Gasteiger partial charge on any atom is -0.489 e. The molecule has 1 atom stereocenters. The third-order valence-corrected chi connectivity index (χ3v) is 7.26. The topological polar surface area (TPSA) is 86.1 Å². The predicted molar refractivity (Wildman–Crippen MR) is 135 cm³/mol. The zero-order valence-electron chi connectivity index (χ0n) is 21.8. The normalized spacial score (nSPS) is 20.3. The summed E-state index contributed by atoms with van der Waals surface area (Å²) in [5, 5.41) is 4.62. The second-order valence-electron chi connectivity index (χ2n) is 11.1. The van der Waals surface area contributed by atoms with Gasteiger partial charge in [-0.2, -0.15) is 5.10 Å². The molecule has 0 bridgehead atoms. The Balaban J connectivity index is 1.40. The Kier molecular flexibility index (Phi) is 6.34. The Hall–Kier alpha value is -3.23. The number of likely N-dealkylation sites (tertiary alicyclic amines) is 1. The zero-order chi connectivity index (χ0) is 25.6. The summed E-state index contributed by atoms with van der Waals surface area (Å²) in [5.74, 6) is 0.849. The Labute approximate surface area is 212 Å². The van der Waals surface area contributed by atoms with Gasteiger partial charge < -0.3 is 19.1 Å². The van der Waals surface area contributed by atoms with Gasteiger partial charge in [0.25, 0.3) is 0 Å². The number of rotatable bonds is 4. The van der Waals surface area contributed by atoms with E-state index in [1.807, 2.05) is 56.9 Å². The number of nitrogens with zero attached hydrogens (tertiary/aromatic N) is 4. The highest BCUT2D eigenvalue weighted by Crippen LogP contribution is 2.45. The largest absolute Gasteiger partial charge is 0.489 e. The van der Waals surface area contributed by atoms with Gasteiger partial charge in [0.05, 0.1) is 31.1 Å². The van der Waals surface area contributed by atoms with Crippen LogP contribution in [-0.4, -0.2) is 64.8 Å². The summed E-state index contributed by atoms with van der Waals surface area (Å²) in [7, 11) is 1.42. The first-order valence-electron chi connectivity index (χ1n) is 12.9. The van der Waals surface area contributed by atoms with E-state index < -0.39 is 5.60 Å². The number of aromatic nitrogens is 2. The van der Waals surface area contributed by atoms with Gasteiger partial charge >= 0.3 is 12.2 Å². The molecule has 2 aliphatic heterocycles. The Morgan fingerprint density at radius 2 is 1.83 bits per heavy atom. The number of amides is 2. The number of fused-ring (bicyclic) bond motifs is 1. The number of carbonyl (C=O) groups is 2. The van der Waals surface area contributed by atoms with Gasteiger partial charge in [-0.3, -0.25) is 9.58 Å². The van der Waals surface area contributed by atoms with E-state index in [0.717, 1.165) is 53.8 Å². The molecule has 1 aromatic heterocycles. The standard InChI is InChI=1S/C27H36N4O5/c1-17-9-10-22-23(31(17)26(33)34-5)12-11-21(24(22)35-20-7-6-8-20)18-13-28-30(14-18)19-15-29(16-19)25(32)36-27(2,3)4/h11-14,17,19-20H,6-10,15-16H2,1-5H3. The van der Waals surface area contributed by atoms with Crippen molar-refractivity contribution >= 4 is 17.9 Å². The van der Waals surface area contributed by atoms with Crippen molar-refractivity contribution in [3.63, 3.8) is 0 Å². The summed E-state index contributed by atoms with van der Waals surface area (Å²) in [6, 6.07) is 4.18. The van der Waals surface area contributed by atoms with Crippen molar-refractivity contribution in [2.24, 2.45) is 0 Å². The van der Waals surface area contributed by atoms with Crippen molar-refractivity contribution < 1.29 is 23.8 Å². The molecule has 9 nitrogen and oxygen atoms in total. The van der Waals surface area contributed by atoms with Gasteiger partial charge in [-0.1, -0.05) is 0 Å². The molecule has 2 amide bonds. The van der Waals surface area contributed by atoms with Crippen LogP contribution in [0, 0.1) is 0 Å². The summed E-state index contributed by atoms with van der Waals surface area (Å²) in [5.41, 5.74) is 3.35. The number of anilines is 1. The molecule has 9 heteroatoms. The van der Waals surface area contributed by atoms with E-state index in [1.165, 1.54) is 13.5 Å².